The summed E-state index contributed by atoms with van der Waals surface area (Å²) in [5, 5.41) is 5.33. The van der Waals surface area contributed by atoms with Crippen LogP contribution in [0.1, 0.15) is 25.6 Å². The first-order chi connectivity index (χ1) is 14.6. The van der Waals surface area contributed by atoms with Crippen molar-refractivity contribution in [2.24, 2.45) is 0 Å². The van der Waals surface area contributed by atoms with E-state index in [0.717, 1.165) is 11.3 Å². The Kier molecular flexibility index (Phi) is 4.44. The molecule has 2 amide bonds. The number of anilines is 2. The molecule has 2 aromatic carbocycles. The molecule has 5 rings (SSSR count). The van der Waals surface area contributed by atoms with E-state index in [2.05, 4.69) is 5.32 Å². The van der Waals surface area contributed by atoms with Gasteiger partial charge in [0.25, 0.3) is 11.8 Å². The van der Waals surface area contributed by atoms with Crippen LogP contribution >= 0.6 is 11.3 Å². The first kappa shape index (κ1) is 18.3. The van der Waals surface area contributed by atoms with E-state index < -0.39 is 11.5 Å². The van der Waals surface area contributed by atoms with Gasteiger partial charge < -0.3 is 14.6 Å². The van der Waals surface area contributed by atoms with E-state index in [0.29, 0.717) is 34.5 Å². The van der Waals surface area contributed by atoms with Crippen LogP contribution in [0.4, 0.5) is 11.4 Å². The number of benzene rings is 2. The molecule has 0 bridgehead atoms. The average molecular weight is 416 g/mol. The monoisotopic (exact) mass is 416 g/mol. The molecule has 7 heteroatoms. The predicted octanol–water partition coefficient (Wildman–Crippen LogP) is 4.31. The van der Waals surface area contributed by atoms with Crippen LogP contribution in [0.3, 0.4) is 0 Å². The molecule has 0 unspecified atom stereocenters. The Morgan fingerprint density at radius 2 is 1.90 bits per heavy atom. The molecule has 0 saturated carbocycles. The summed E-state index contributed by atoms with van der Waals surface area (Å²) in [5.74, 6) is -0.548. The fourth-order valence-corrected chi connectivity index (χ4v) is 4.31. The zero-order chi connectivity index (χ0) is 20.7. The van der Waals surface area contributed by atoms with Crippen LogP contribution in [0, 0.1) is 0 Å². The van der Waals surface area contributed by atoms with Gasteiger partial charge in [-0.05, 0) is 53.8 Å². The third-order valence-corrected chi connectivity index (χ3v) is 5.95. The quantitative estimate of drug-likeness (QED) is 0.505. The first-order valence-corrected chi connectivity index (χ1v) is 10.3. The van der Waals surface area contributed by atoms with Crippen molar-refractivity contribution in [3.8, 4) is 0 Å². The molecule has 0 spiro atoms. The topological polar surface area (TPSA) is 79.6 Å². The number of para-hydroxylation sites is 1. The summed E-state index contributed by atoms with van der Waals surface area (Å²) < 4.78 is 5.24. The minimum absolute atomic E-state index is 0.0192. The fourth-order valence-electron chi connectivity index (χ4n) is 3.64. The number of amides is 2. The molecule has 2 aromatic heterocycles. The molecule has 1 aliphatic rings. The van der Waals surface area contributed by atoms with Gasteiger partial charge in [-0.3, -0.25) is 9.59 Å². The van der Waals surface area contributed by atoms with Crippen molar-refractivity contribution >= 4 is 45.5 Å². The average Bonchev–Trinajstić information content (AvgIpc) is 3.42. The number of carbonyl (C=O) groups is 2. The van der Waals surface area contributed by atoms with Gasteiger partial charge in [0.1, 0.15) is 11.1 Å². The largest absolute Gasteiger partial charge is 0.422 e. The highest BCUT2D eigenvalue weighted by atomic mass is 32.1. The molecule has 4 aromatic rings. The lowest BCUT2D eigenvalue weighted by atomic mass is 10.1. The van der Waals surface area contributed by atoms with Gasteiger partial charge in [0.05, 0.1) is 4.88 Å². The zero-order valence-corrected chi connectivity index (χ0v) is 16.6. The maximum Gasteiger partial charge on any atom is 0.349 e. The summed E-state index contributed by atoms with van der Waals surface area (Å²) in [6.07, 6.45) is 0.703. The normalized spacial score (nSPS) is 12.7. The molecule has 6 nitrogen and oxygen atoms in total. The molecular weight excluding hydrogens is 400 g/mol. The van der Waals surface area contributed by atoms with Crippen molar-refractivity contribution in [2.45, 2.75) is 6.42 Å². The third kappa shape index (κ3) is 3.19. The van der Waals surface area contributed by atoms with E-state index in [4.69, 9.17) is 4.42 Å². The summed E-state index contributed by atoms with van der Waals surface area (Å²) in [6, 6.07) is 17.7. The molecule has 0 radical (unpaired) electrons. The lowest BCUT2D eigenvalue weighted by Crippen LogP contribution is -2.28. The highest BCUT2D eigenvalue weighted by molar-refractivity contribution is 7.12. The second-order valence-corrected chi connectivity index (χ2v) is 7.91. The highest BCUT2D eigenvalue weighted by Gasteiger charge is 2.26. The summed E-state index contributed by atoms with van der Waals surface area (Å²) in [7, 11) is 0. The number of hydrogen-bond acceptors (Lipinski definition) is 5. The molecule has 0 fully saturated rings. The predicted molar refractivity (Wildman–Crippen MR) is 117 cm³/mol. The highest BCUT2D eigenvalue weighted by Crippen LogP contribution is 2.32. The Bertz CT molecular complexity index is 1340. The second kappa shape index (κ2) is 7.27. The van der Waals surface area contributed by atoms with E-state index in [1.54, 1.807) is 29.2 Å². The van der Waals surface area contributed by atoms with E-state index >= 15 is 0 Å². The van der Waals surface area contributed by atoms with Gasteiger partial charge in [0.15, 0.2) is 0 Å². The third-order valence-electron chi connectivity index (χ3n) is 5.10. The van der Waals surface area contributed by atoms with Gasteiger partial charge in [0.2, 0.25) is 0 Å². The Balaban J connectivity index is 1.39. The van der Waals surface area contributed by atoms with Gasteiger partial charge in [0, 0.05) is 23.3 Å². The number of fused-ring (bicyclic) bond motifs is 2. The molecular formula is C23H16N2O4S. The van der Waals surface area contributed by atoms with Crippen LogP contribution in [0.2, 0.25) is 0 Å². The van der Waals surface area contributed by atoms with Crippen LogP contribution in [-0.2, 0) is 6.42 Å². The van der Waals surface area contributed by atoms with Gasteiger partial charge >= 0.3 is 5.63 Å². The summed E-state index contributed by atoms with van der Waals surface area (Å²) >= 11 is 1.42. The Labute approximate surface area is 175 Å². The van der Waals surface area contributed by atoms with Crippen molar-refractivity contribution in [1.82, 2.24) is 0 Å². The molecule has 0 atom stereocenters. The lowest BCUT2D eigenvalue weighted by molar-refractivity contribution is 0.0991. The molecule has 3 heterocycles. The zero-order valence-electron chi connectivity index (χ0n) is 15.8. The van der Waals surface area contributed by atoms with Crippen molar-refractivity contribution in [2.75, 3.05) is 16.8 Å². The number of nitrogens with zero attached hydrogens (tertiary/aromatic N) is 1. The summed E-state index contributed by atoms with van der Waals surface area (Å²) in [5.41, 5.74) is 2.09. The van der Waals surface area contributed by atoms with Crippen LogP contribution in [-0.4, -0.2) is 18.4 Å². The van der Waals surface area contributed by atoms with E-state index in [1.165, 1.54) is 17.4 Å². The maximum atomic E-state index is 12.7. The van der Waals surface area contributed by atoms with Crippen molar-refractivity contribution in [1.29, 1.82) is 0 Å². The second-order valence-electron chi connectivity index (χ2n) is 6.97. The van der Waals surface area contributed by atoms with Crippen LogP contribution in [0.5, 0.6) is 0 Å². The number of nitrogens with one attached hydrogen (secondary N) is 1. The van der Waals surface area contributed by atoms with Gasteiger partial charge in [-0.15, -0.1) is 11.3 Å². The fraction of sp³-hybridized carbons (Fsp3) is 0.0870. The van der Waals surface area contributed by atoms with Gasteiger partial charge in [-0.2, -0.15) is 0 Å². The molecule has 1 N–H and O–H groups in total. The van der Waals surface area contributed by atoms with E-state index in [1.807, 2.05) is 35.7 Å². The van der Waals surface area contributed by atoms with Crippen LogP contribution < -0.4 is 15.8 Å². The minimum atomic E-state index is -0.680. The van der Waals surface area contributed by atoms with Crippen LogP contribution in [0.15, 0.2) is 75.3 Å². The molecule has 0 aliphatic carbocycles. The minimum Gasteiger partial charge on any atom is -0.422 e. The van der Waals surface area contributed by atoms with Crippen molar-refractivity contribution in [3.05, 3.63) is 92.5 Å². The summed E-state index contributed by atoms with van der Waals surface area (Å²) in [4.78, 5) is 40.0. The van der Waals surface area contributed by atoms with E-state index in [9.17, 15) is 14.4 Å². The Morgan fingerprint density at radius 1 is 1.03 bits per heavy atom. The number of hydrogen-bond donors (Lipinski definition) is 1. The SMILES string of the molecule is O=C(Nc1ccc2c(c1)CCN2C(=O)c1cccs1)c1cc2ccccc2oc1=O. The Morgan fingerprint density at radius 3 is 2.73 bits per heavy atom. The van der Waals surface area contributed by atoms with E-state index in [-0.39, 0.29) is 11.5 Å². The van der Waals surface area contributed by atoms with Gasteiger partial charge in [-0.1, -0.05) is 24.3 Å². The lowest BCUT2D eigenvalue weighted by Gasteiger charge is -2.16. The molecule has 1 aliphatic heterocycles. The van der Waals surface area contributed by atoms with Gasteiger partial charge in [-0.25, -0.2) is 4.79 Å². The van der Waals surface area contributed by atoms with Crippen molar-refractivity contribution < 1.29 is 14.0 Å². The number of carbonyl (C=O) groups excluding carboxylic acids is 2. The summed E-state index contributed by atoms with van der Waals surface area (Å²) in [6.45, 7) is 0.595. The van der Waals surface area contributed by atoms with Crippen molar-refractivity contribution in [3.63, 3.8) is 0 Å². The molecule has 30 heavy (non-hydrogen) atoms. The Hall–Kier alpha value is -3.71. The standard InChI is InChI=1S/C23H16N2O4S/c26-21(17-13-15-4-1-2-5-19(15)29-23(17)28)24-16-7-8-18-14(12-16)9-10-25(18)22(27)20-6-3-11-30-20/h1-8,11-13H,9-10H2,(H,24,26). The molecule has 0 saturated heterocycles. The van der Waals surface area contributed by atoms with Crippen LogP contribution in [0.25, 0.3) is 11.0 Å². The smallest absolute Gasteiger partial charge is 0.349 e. The first-order valence-electron chi connectivity index (χ1n) is 9.43. The maximum absolute atomic E-state index is 12.7. The molecule has 148 valence electrons. The number of rotatable bonds is 3. The number of thiophene rings is 1.